The van der Waals surface area contributed by atoms with E-state index in [1.807, 2.05) is 24.3 Å². The number of hydrogen-bond acceptors (Lipinski definition) is 2. The molecule has 0 saturated heterocycles. The van der Waals surface area contributed by atoms with Gasteiger partial charge in [0.2, 0.25) is 11.8 Å². The van der Waals surface area contributed by atoms with Crippen molar-refractivity contribution in [3.63, 3.8) is 0 Å². The van der Waals surface area contributed by atoms with E-state index in [1.165, 1.54) is 6.92 Å². The highest BCUT2D eigenvalue weighted by atomic mass is 79.9. The van der Waals surface area contributed by atoms with E-state index in [9.17, 15) is 9.59 Å². The predicted molar refractivity (Wildman–Crippen MR) is 87.2 cm³/mol. The lowest BCUT2D eigenvalue weighted by molar-refractivity contribution is -0.116. The monoisotopic (exact) mass is 346 g/mol. The summed E-state index contributed by atoms with van der Waals surface area (Å²) in [5.74, 6) is -0.213. The molecule has 0 atom stereocenters. The molecule has 0 heterocycles. The summed E-state index contributed by atoms with van der Waals surface area (Å²) < 4.78 is 0.918. The standard InChI is InChI=1S/C16H15BrN2O2/c1-11(20)18-13-6-8-14(9-7-13)19-16(21)10-12-4-2-3-5-15(12)17/h2-9H,10H2,1H3,(H,18,20)(H,19,21). The van der Waals surface area contributed by atoms with Gasteiger partial charge in [-0.25, -0.2) is 0 Å². The lowest BCUT2D eigenvalue weighted by Gasteiger charge is -2.08. The number of amides is 2. The van der Waals surface area contributed by atoms with Crippen molar-refractivity contribution in [3.05, 3.63) is 58.6 Å². The summed E-state index contributed by atoms with van der Waals surface area (Å²) in [5.41, 5.74) is 2.33. The van der Waals surface area contributed by atoms with Gasteiger partial charge in [-0.3, -0.25) is 9.59 Å². The second-order valence-corrected chi connectivity index (χ2v) is 5.43. The number of anilines is 2. The molecule has 0 bridgehead atoms. The Morgan fingerprint density at radius 3 is 2.10 bits per heavy atom. The molecule has 2 aromatic rings. The second kappa shape index (κ2) is 7.04. The van der Waals surface area contributed by atoms with Crippen LogP contribution in [0.15, 0.2) is 53.0 Å². The fourth-order valence-electron chi connectivity index (χ4n) is 1.86. The smallest absolute Gasteiger partial charge is 0.228 e. The number of rotatable bonds is 4. The molecule has 2 amide bonds. The molecule has 5 heteroatoms. The number of carbonyl (C=O) groups is 2. The Morgan fingerprint density at radius 2 is 1.52 bits per heavy atom. The number of benzene rings is 2. The SMILES string of the molecule is CC(=O)Nc1ccc(NC(=O)Cc2ccccc2Br)cc1. The largest absolute Gasteiger partial charge is 0.326 e. The van der Waals surface area contributed by atoms with E-state index in [0.29, 0.717) is 17.8 Å². The van der Waals surface area contributed by atoms with E-state index < -0.39 is 0 Å². The van der Waals surface area contributed by atoms with Crippen LogP contribution < -0.4 is 10.6 Å². The zero-order valence-electron chi connectivity index (χ0n) is 11.5. The van der Waals surface area contributed by atoms with Crippen LogP contribution in [0.4, 0.5) is 11.4 Å². The van der Waals surface area contributed by atoms with Crippen molar-refractivity contribution in [2.24, 2.45) is 0 Å². The van der Waals surface area contributed by atoms with Crippen molar-refractivity contribution in [2.45, 2.75) is 13.3 Å². The Balaban J connectivity index is 1.96. The zero-order valence-corrected chi connectivity index (χ0v) is 13.1. The van der Waals surface area contributed by atoms with Crippen LogP contribution >= 0.6 is 15.9 Å². The fourth-order valence-corrected chi connectivity index (χ4v) is 2.29. The zero-order chi connectivity index (χ0) is 15.2. The van der Waals surface area contributed by atoms with Crippen LogP contribution in [0.2, 0.25) is 0 Å². The molecule has 21 heavy (non-hydrogen) atoms. The van der Waals surface area contributed by atoms with Gasteiger partial charge in [-0.1, -0.05) is 34.1 Å². The van der Waals surface area contributed by atoms with Crippen molar-refractivity contribution in [2.75, 3.05) is 10.6 Å². The summed E-state index contributed by atoms with van der Waals surface area (Å²) in [7, 11) is 0. The number of hydrogen-bond donors (Lipinski definition) is 2. The maximum absolute atomic E-state index is 12.0. The van der Waals surface area contributed by atoms with Crippen LogP contribution in [0.25, 0.3) is 0 Å². The van der Waals surface area contributed by atoms with Gasteiger partial charge in [0.25, 0.3) is 0 Å². The van der Waals surface area contributed by atoms with Crippen LogP contribution in [0.1, 0.15) is 12.5 Å². The average molecular weight is 347 g/mol. The topological polar surface area (TPSA) is 58.2 Å². The molecule has 0 saturated carbocycles. The Labute approximate surface area is 131 Å². The Hall–Kier alpha value is -2.14. The average Bonchev–Trinajstić information content (AvgIpc) is 2.43. The Bertz CT molecular complexity index is 654. The third-order valence-electron chi connectivity index (χ3n) is 2.80. The minimum absolute atomic E-state index is 0.0887. The molecule has 0 spiro atoms. The molecule has 4 nitrogen and oxygen atoms in total. The first-order valence-electron chi connectivity index (χ1n) is 6.45. The molecule has 0 aliphatic rings. The van der Waals surface area contributed by atoms with E-state index in [0.717, 1.165) is 10.0 Å². The molecular weight excluding hydrogens is 332 g/mol. The molecule has 2 N–H and O–H groups in total. The summed E-state index contributed by atoms with van der Waals surface area (Å²) in [4.78, 5) is 22.9. The van der Waals surface area contributed by atoms with Crippen LogP contribution in [-0.4, -0.2) is 11.8 Å². The predicted octanol–water partition coefficient (Wildman–Crippen LogP) is 3.59. The first kappa shape index (κ1) is 15.3. The van der Waals surface area contributed by atoms with E-state index in [1.54, 1.807) is 24.3 Å². The van der Waals surface area contributed by atoms with Gasteiger partial charge in [0.1, 0.15) is 0 Å². The molecule has 0 fully saturated rings. The molecule has 0 aromatic heterocycles. The van der Waals surface area contributed by atoms with Gasteiger partial charge < -0.3 is 10.6 Å². The summed E-state index contributed by atoms with van der Waals surface area (Å²) in [5, 5.41) is 5.50. The molecular formula is C16H15BrN2O2. The van der Waals surface area contributed by atoms with Crippen LogP contribution in [0, 0.1) is 0 Å². The summed E-state index contributed by atoms with van der Waals surface area (Å²) in [6, 6.07) is 14.6. The van der Waals surface area contributed by atoms with Crippen molar-refractivity contribution >= 4 is 39.1 Å². The van der Waals surface area contributed by atoms with Crippen molar-refractivity contribution in [1.29, 1.82) is 0 Å². The van der Waals surface area contributed by atoms with Crippen LogP contribution in [-0.2, 0) is 16.0 Å². The van der Waals surface area contributed by atoms with Crippen molar-refractivity contribution in [3.8, 4) is 0 Å². The first-order chi connectivity index (χ1) is 10.0. The van der Waals surface area contributed by atoms with Gasteiger partial charge in [0, 0.05) is 22.8 Å². The summed E-state index contributed by atoms with van der Waals surface area (Å²) >= 11 is 3.42. The first-order valence-corrected chi connectivity index (χ1v) is 7.25. The highest BCUT2D eigenvalue weighted by molar-refractivity contribution is 9.10. The van der Waals surface area contributed by atoms with E-state index in [4.69, 9.17) is 0 Å². The van der Waals surface area contributed by atoms with Gasteiger partial charge in [-0.15, -0.1) is 0 Å². The molecule has 0 unspecified atom stereocenters. The number of halogens is 1. The van der Waals surface area contributed by atoms with Gasteiger partial charge in [-0.2, -0.15) is 0 Å². The van der Waals surface area contributed by atoms with E-state index in [2.05, 4.69) is 26.6 Å². The Morgan fingerprint density at radius 1 is 0.952 bits per heavy atom. The lowest BCUT2D eigenvalue weighted by atomic mass is 10.1. The second-order valence-electron chi connectivity index (χ2n) is 4.57. The van der Waals surface area contributed by atoms with Crippen LogP contribution in [0.5, 0.6) is 0 Å². The minimum atomic E-state index is -0.124. The van der Waals surface area contributed by atoms with E-state index >= 15 is 0 Å². The molecule has 2 rings (SSSR count). The third-order valence-corrected chi connectivity index (χ3v) is 3.57. The Kier molecular flexibility index (Phi) is 5.11. The lowest BCUT2D eigenvalue weighted by Crippen LogP contribution is -2.14. The van der Waals surface area contributed by atoms with Crippen molar-refractivity contribution < 1.29 is 9.59 Å². The van der Waals surface area contributed by atoms with Gasteiger partial charge >= 0.3 is 0 Å². The molecule has 0 aliphatic carbocycles. The number of carbonyl (C=O) groups excluding carboxylic acids is 2. The highest BCUT2D eigenvalue weighted by Gasteiger charge is 2.06. The fraction of sp³-hybridized carbons (Fsp3) is 0.125. The van der Waals surface area contributed by atoms with Crippen molar-refractivity contribution in [1.82, 2.24) is 0 Å². The van der Waals surface area contributed by atoms with Crippen LogP contribution in [0.3, 0.4) is 0 Å². The quantitative estimate of drug-likeness (QED) is 0.888. The van der Waals surface area contributed by atoms with Gasteiger partial charge in [0.05, 0.1) is 6.42 Å². The molecule has 2 aromatic carbocycles. The van der Waals surface area contributed by atoms with Gasteiger partial charge in [-0.05, 0) is 35.9 Å². The summed E-state index contributed by atoms with van der Waals surface area (Å²) in [6.45, 7) is 1.45. The molecule has 108 valence electrons. The van der Waals surface area contributed by atoms with E-state index in [-0.39, 0.29) is 11.8 Å². The molecule has 0 radical (unpaired) electrons. The maximum Gasteiger partial charge on any atom is 0.228 e. The number of nitrogens with one attached hydrogen (secondary N) is 2. The minimum Gasteiger partial charge on any atom is -0.326 e. The maximum atomic E-state index is 12.0. The third kappa shape index (κ3) is 4.72. The highest BCUT2D eigenvalue weighted by Crippen LogP contribution is 2.18. The summed E-state index contributed by atoms with van der Waals surface area (Å²) in [6.07, 6.45) is 0.300. The normalized spacial score (nSPS) is 10.0. The molecule has 0 aliphatic heterocycles. The van der Waals surface area contributed by atoms with Gasteiger partial charge in [0.15, 0.2) is 0 Å².